The van der Waals surface area contributed by atoms with Crippen molar-refractivity contribution in [1.29, 1.82) is 0 Å². The standard InChI is InChI=1S/C22H22O7/c1-12-5-3-8-17(23)21(26)20(25)14-7-4-6-13(9-14)16-10-15(28-2)11-18(24)19(16)22(27)29-12/h3-7,9-12,20-21,24-26H,8H2,1-2H3/b5-3+/t12-,20+,21+/m0/s1. The normalized spacial score (nSPS) is 23.5. The summed E-state index contributed by atoms with van der Waals surface area (Å²) in [5.74, 6) is -1.29. The molecule has 2 aromatic carbocycles. The number of methoxy groups -OCH3 is 1. The lowest BCUT2D eigenvalue weighted by Gasteiger charge is -2.19. The Morgan fingerprint density at radius 2 is 1.86 bits per heavy atom. The lowest BCUT2D eigenvalue weighted by atomic mass is 9.93. The summed E-state index contributed by atoms with van der Waals surface area (Å²) in [7, 11) is 1.43. The van der Waals surface area contributed by atoms with Crippen molar-refractivity contribution in [3.63, 3.8) is 0 Å². The van der Waals surface area contributed by atoms with Gasteiger partial charge in [0, 0.05) is 18.1 Å². The molecule has 0 aliphatic carbocycles. The number of fused-ring (bicyclic) bond motifs is 4. The minimum Gasteiger partial charge on any atom is -0.507 e. The average Bonchev–Trinajstić information content (AvgIpc) is 2.71. The Bertz CT molecular complexity index is 964. The molecule has 0 saturated carbocycles. The zero-order valence-electron chi connectivity index (χ0n) is 16.0. The molecule has 2 bridgehead atoms. The molecule has 7 heteroatoms. The molecule has 3 atom stereocenters. The number of carbonyl (C=O) groups excluding carboxylic acids is 2. The van der Waals surface area contributed by atoms with Gasteiger partial charge in [0.1, 0.15) is 35.4 Å². The zero-order valence-corrected chi connectivity index (χ0v) is 16.0. The van der Waals surface area contributed by atoms with Crippen LogP contribution in [0.25, 0.3) is 11.1 Å². The number of phenols is 1. The third-order valence-electron chi connectivity index (χ3n) is 4.72. The molecule has 0 amide bonds. The fourth-order valence-corrected chi connectivity index (χ4v) is 3.17. The number of aliphatic hydroxyl groups excluding tert-OH is 2. The highest BCUT2D eigenvalue weighted by molar-refractivity contribution is 6.00. The Labute approximate surface area is 167 Å². The molecule has 0 spiro atoms. The maximum atomic E-state index is 12.8. The summed E-state index contributed by atoms with van der Waals surface area (Å²) in [6.45, 7) is 1.61. The fraction of sp³-hybridized carbons (Fsp3) is 0.273. The van der Waals surface area contributed by atoms with Gasteiger partial charge in [-0.2, -0.15) is 0 Å². The van der Waals surface area contributed by atoms with Crippen molar-refractivity contribution in [2.24, 2.45) is 0 Å². The Hall–Kier alpha value is -3.16. The van der Waals surface area contributed by atoms with Gasteiger partial charge < -0.3 is 24.8 Å². The molecule has 3 rings (SSSR count). The summed E-state index contributed by atoms with van der Waals surface area (Å²) in [5, 5.41) is 31.2. The van der Waals surface area contributed by atoms with E-state index < -0.39 is 30.1 Å². The van der Waals surface area contributed by atoms with Crippen LogP contribution in [0.15, 0.2) is 48.6 Å². The maximum absolute atomic E-state index is 12.8. The molecule has 0 unspecified atom stereocenters. The number of carbonyl (C=O) groups is 2. The van der Waals surface area contributed by atoms with Crippen LogP contribution in [0.3, 0.4) is 0 Å². The SMILES string of the molecule is COc1cc(O)c2c(c1)-c1cccc(c1)[C@@H](O)[C@H](O)C(=O)C/C=C/[C@H](C)OC2=O. The fourth-order valence-electron chi connectivity index (χ4n) is 3.17. The highest BCUT2D eigenvalue weighted by atomic mass is 16.5. The number of cyclic esters (lactones) is 1. The van der Waals surface area contributed by atoms with Crippen LogP contribution in [-0.2, 0) is 9.53 Å². The maximum Gasteiger partial charge on any atom is 0.343 e. The lowest BCUT2D eigenvalue weighted by Crippen LogP contribution is -2.27. The molecular weight excluding hydrogens is 376 g/mol. The predicted octanol–water partition coefficient (Wildman–Crippen LogP) is 2.54. The number of allylic oxidation sites excluding steroid dienone is 1. The number of benzene rings is 2. The molecule has 1 aliphatic heterocycles. The van der Waals surface area contributed by atoms with Crippen LogP contribution < -0.4 is 4.74 Å². The van der Waals surface area contributed by atoms with Crippen LogP contribution in [0.4, 0.5) is 0 Å². The number of rotatable bonds is 1. The van der Waals surface area contributed by atoms with Crippen LogP contribution in [0.5, 0.6) is 11.5 Å². The molecular formula is C22H22O7. The second kappa shape index (κ2) is 8.46. The monoisotopic (exact) mass is 398 g/mol. The minimum atomic E-state index is -1.60. The van der Waals surface area contributed by atoms with Gasteiger partial charge in [-0.25, -0.2) is 4.79 Å². The van der Waals surface area contributed by atoms with Gasteiger partial charge in [0.25, 0.3) is 0 Å². The number of phenolic OH excluding ortho intramolecular Hbond substituents is 1. The van der Waals surface area contributed by atoms with Crippen molar-refractivity contribution in [1.82, 2.24) is 0 Å². The van der Waals surface area contributed by atoms with Crippen molar-refractivity contribution < 1.29 is 34.4 Å². The predicted molar refractivity (Wildman–Crippen MR) is 105 cm³/mol. The molecule has 0 radical (unpaired) electrons. The smallest absolute Gasteiger partial charge is 0.343 e. The van der Waals surface area contributed by atoms with E-state index in [4.69, 9.17) is 9.47 Å². The molecule has 2 aromatic rings. The first-order valence-electron chi connectivity index (χ1n) is 9.09. The summed E-state index contributed by atoms with van der Waals surface area (Å²) in [6, 6.07) is 9.26. The van der Waals surface area contributed by atoms with Crippen molar-refractivity contribution in [2.75, 3.05) is 7.11 Å². The topological polar surface area (TPSA) is 113 Å². The molecule has 1 heterocycles. The van der Waals surface area contributed by atoms with Crippen LogP contribution in [0.1, 0.15) is 35.4 Å². The van der Waals surface area contributed by atoms with Crippen molar-refractivity contribution in [2.45, 2.75) is 31.7 Å². The van der Waals surface area contributed by atoms with Crippen LogP contribution >= 0.6 is 0 Å². The number of hydrogen-bond acceptors (Lipinski definition) is 7. The van der Waals surface area contributed by atoms with Crippen molar-refractivity contribution in [3.8, 4) is 22.6 Å². The van der Waals surface area contributed by atoms with E-state index in [-0.39, 0.29) is 17.7 Å². The molecule has 7 nitrogen and oxygen atoms in total. The van der Waals surface area contributed by atoms with Gasteiger partial charge >= 0.3 is 5.97 Å². The third-order valence-corrected chi connectivity index (χ3v) is 4.72. The Balaban J connectivity index is 2.22. The Morgan fingerprint density at radius 3 is 2.59 bits per heavy atom. The van der Waals surface area contributed by atoms with Gasteiger partial charge in [-0.05, 0) is 36.3 Å². The molecule has 0 fully saturated rings. The lowest BCUT2D eigenvalue weighted by molar-refractivity contribution is -0.132. The van der Waals surface area contributed by atoms with Crippen molar-refractivity contribution in [3.05, 3.63) is 59.7 Å². The van der Waals surface area contributed by atoms with Crippen LogP contribution in [-0.4, -0.2) is 46.4 Å². The minimum absolute atomic E-state index is 0.0497. The highest BCUT2D eigenvalue weighted by Gasteiger charge is 2.27. The summed E-state index contributed by atoms with van der Waals surface area (Å²) < 4.78 is 10.6. The zero-order chi connectivity index (χ0) is 21.1. The van der Waals surface area contributed by atoms with Gasteiger partial charge in [-0.3, -0.25) is 4.79 Å². The van der Waals surface area contributed by atoms with Crippen molar-refractivity contribution >= 4 is 11.8 Å². The van der Waals surface area contributed by atoms with E-state index in [9.17, 15) is 24.9 Å². The van der Waals surface area contributed by atoms with Gasteiger partial charge in [-0.1, -0.05) is 24.3 Å². The van der Waals surface area contributed by atoms with Gasteiger partial charge in [0.15, 0.2) is 5.78 Å². The molecule has 0 aromatic heterocycles. The molecule has 29 heavy (non-hydrogen) atoms. The van der Waals surface area contributed by atoms with E-state index in [1.165, 1.54) is 31.4 Å². The number of aromatic hydroxyl groups is 1. The molecule has 1 aliphatic rings. The van der Waals surface area contributed by atoms with E-state index in [0.717, 1.165) is 0 Å². The van der Waals surface area contributed by atoms with Gasteiger partial charge in [0.2, 0.25) is 0 Å². The molecule has 152 valence electrons. The van der Waals surface area contributed by atoms with E-state index in [1.807, 2.05) is 0 Å². The number of ether oxygens (including phenoxy) is 2. The highest BCUT2D eigenvalue weighted by Crippen LogP contribution is 2.37. The first kappa shape index (κ1) is 20.6. The molecule has 3 N–H and O–H groups in total. The molecule has 0 saturated heterocycles. The first-order valence-corrected chi connectivity index (χ1v) is 9.09. The van der Waals surface area contributed by atoms with Crippen LogP contribution in [0.2, 0.25) is 0 Å². The van der Waals surface area contributed by atoms with Crippen LogP contribution in [0, 0.1) is 0 Å². The van der Waals surface area contributed by atoms with E-state index in [0.29, 0.717) is 22.4 Å². The van der Waals surface area contributed by atoms with E-state index in [2.05, 4.69) is 0 Å². The number of esters is 1. The number of aliphatic hydroxyl groups is 2. The largest absolute Gasteiger partial charge is 0.507 e. The third kappa shape index (κ3) is 4.31. The summed E-state index contributed by atoms with van der Waals surface area (Å²) in [4.78, 5) is 24.9. The van der Waals surface area contributed by atoms with E-state index >= 15 is 0 Å². The second-order valence-corrected chi connectivity index (χ2v) is 6.79. The first-order chi connectivity index (χ1) is 13.8. The number of ketones is 1. The Morgan fingerprint density at radius 1 is 1.10 bits per heavy atom. The summed E-state index contributed by atoms with van der Waals surface area (Å²) >= 11 is 0. The number of Topliss-reactive ketones (excluding diaryl/α,β-unsaturated/α-hetero) is 1. The van der Waals surface area contributed by atoms with E-state index in [1.54, 1.807) is 31.2 Å². The average molecular weight is 398 g/mol. The van der Waals surface area contributed by atoms with Gasteiger partial charge in [0.05, 0.1) is 7.11 Å². The second-order valence-electron chi connectivity index (χ2n) is 6.79. The Kier molecular flexibility index (Phi) is 6.00. The van der Waals surface area contributed by atoms with Gasteiger partial charge in [-0.15, -0.1) is 0 Å². The quantitative estimate of drug-likeness (QED) is 0.500. The summed E-state index contributed by atoms with van der Waals surface area (Å²) in [6.07, 6.45) is -0.882. The number of hydrogen-bond donors (Lipinski definition) is 3. The summed E-state index contributed by atoms with van der Waals surface area (Å²) in [5.41, 5.74) is 1.04.